The first-order valence-corrected chi connectivity index (χ1v) is 9.48. The summed E-state index contributed by atoms with van der Waals surface area (Å²) in [6.45, 7) is 2.91. The molecule has 0 radical (unpaired) electrons. The predicted molar refractivity (Wildman–Crippen MR) is 111 cm³/mol. The van der Waals surface area contributed by atoms with Gasteiger partial charge in [-0.05, 0) is 61.1 Å². The molecule has 2 aromatic carbocycles. The maximum Gasteiger partial charge on any atom is 0.257 e. The zero-order valence-electron chi connectivity index (χ0n) is 14.8. The number of carbonyl (C=O) groups excluding carboxylic acids is 1. The molecular formula is C20H23ClN2O2S. The Bertz CT molecular complexity index is 735. The summed E-state index contributed by atoms with van der Waals surface area (Å²) in [6, 6.07) is 14.2. The fraction of sp³-hybridized carbons (Fsp3) is 0.300. The number of thiocarbonyl (C=S) groups is 1. The first kappa shape index (κ1) is 20.2. The van der Waals surface area contributed by atoms with Crippen LogP contribution in [0.5, 0.6) is 5.75 Å². The second-order valence-electron chi connectivity index (χ2n) is 5.85. The van der Waals surface area contributed by atoms with Crippen LogP contribution in [0.1, 0.15) is 43.0 Å². The molecule has 0 aliphatic rings. The molecule has 0 atom stereocenters. The van der Waals surface area contributed by atoms with Crippen molar-refractivity contribution in [3.63, 3.8) is 0 Å². The van der Waals surface area contributed by atoms with Crippen molar-refractivity contribution in [3.05, 3.63) is 59.1 Å². The van der Waals surface area contributed by atoms with E-state index >= 15 is 0 Å². The van der Waals surface area contributed by atoms with Gasteiger partial charge in [0.15, 0.2) is 5.11 Å². The van der Waals surface area contributed by atoms with Gasteiger partial charge in [-0.25, -0.2) is 0 Å². The number of halogens is 1. The fourth-order valence-electron chi connectivity index (χ4n) is 2.32. The summed E-state index contributed by atoms with van der Waals surface area (Å²) in [4.78, 5) is 12.1. The molecular weight excluding hydrogens is 368 g/mol. The van der Waals surface area contributed by atoms with Crippen molar-refractivity contribution in [1.82, 2.24) is 5.32 Å². The molecule has 26 heavy (non-hydrogen) atoms. The van der Waals surface area contributed by atoms with Gasteiger partial charge in [0.1, 0.15) is 5.75 Å². The van der Waals surface area contributed by atoms with Gasteiger partial charge in [0.2, 0.25) is 0 Å². The first-order valence-electron chi connectivity index (χ1n) is 8.69. The molecule has 0 aliphatic carbocycles. The van der Waals surface area contributed by atoms with Crippen molar-refractivity contribution < 1.29 is 9.53 Å². The van der Waals surface area contributed by atoms with E-state index in [1.807, 2.05) is 24.3 Å². The molecule has 0 saturated heterocycles. The highest BCUT2D eigenvalue weighted by molar-refractivity contribution is 7.80. The predicted octanol–water partition coefficient (Wildman–Crippen LogP) is 5.43. The summed E-state index contributed by atoms with van der Waals surface area (Å²) >= 11 is 11.1. The van der Waals surface area contributed by atoms with Crippen LogP contribution in [0.2, 0.25) is 5.02 Å². The Balaban J connectivity index is 1.79. The van der Waals surface area contributed by atoms with Crippen molar-refractivity contribution in [2.45, 2.75) is 32.6 Å². The Morgan fingerprint density at radius 1 is 1.12 bits per heavy atom. The molecule has 0 aromatic heterocycles. The topological polar surface area (TPSA) is 50.4 Å². The van der Waals surface area contributed by atoms with Crippen LogP contribution in [0.15, 0.2) is 48.5 Å². The van der Waals surface area contributed by atoms with Gasteiger partial charge in [-0.3, -0.25) is 10.1 Å². The highest BCUT2D eigenvalue weighted by atomic mass is 35.5. The molecule has 0 fully saturated rings. The van der Waals surface area contributed by atoms with Gasteiger partial charge in [0, 0.05) is 16.3 Å². The molecule has 0 spiro atoms. The Hall–Kier alpha value is -2.11. The van der Waals surface area contributed by atoms with Crippen molar-refractivity contribution in [2.75, 3.05) is 11.9 Å². The summed E-state index contributed by atoms with van der Waals surface area (Å²) in [5, 5.41) is 6.34. The van der Waals surface area contributed by atoms with Crippen LogP contribution in [-0.4, -0.2) is 17.6 Å². The average Bonchev–Trinajstić information content (AvgIpc) is 2.63. The lowest BCUT2D eigenvalue weighted by Crippen LogP contribution is -2.34. The van der Waals surface area contributed by atoms with Crippen molar-refractivity contribution in [3.8, 4) is 5.75 Å². The number of ether oxygens (including phenoxy) is 1. The van der Waals surface area contributed by atoms with Crippen LogP contribution in [0.3, 0.4) is 0 Å². The van der Waals surface area contributed by atoms with Crippen LogP contribution >= 0.6 is 23.8 Å². The van der Waals surface area contributed by atoms with Gasteiger partial charge in [-0.1, -0.05) is 43.9 Å². The van der Waals surface area contributed by atoms with Gasteiger partial charge < -0.3 is 10.1 Å². The van der Waals surface area contributed by atoms with Crippen LogP contribution in [-0.2, 0) is 0 Å². The number of hydrogen-bond donors (Lipinski definition) is 2. The third-order valence-corrected chi connectivity index (χ3v) is 4.13. The third-order valence-electron chi connectivity index (χ3n) is 3.69. The van der Waals surface area contributed by atoms with Gasteiger partial charge in [-0.2, -0.15) is 0 Å². The standard InChI is InChI=1S/C20H23ClN2O2S/c1-2-3-4-5-13-25-18-11-9-17(10-12-18)22-20(26)23-19(24)15-7-6-8-16(21)14-15/h6-12,14H,2-5,13H2,1H3,(H2,22,23,24,26). The van der Waals surface area contributed by atoms with E-state index in [9.17, 15) is 4.79 Å². The Morgan fingerprint density at radius 3 is 2.58 bits per heavy atom. The lowest BCUT2D eigenvalue weighted by Gasteiger charge is -2.11. The van der Waals surface area contributed by atoms with E-state index in [1.165, 1.54) is 19.3 Å². The minimum atomic E-state index is -0.308. The summed E-state index contributed by atoms with van der Waals surface area (Å²) in [6.07, 6.45) is 4.71. The largest absolute Gasteiger partial charge is 0.494 e. The second-order valence-corrected chi connectivity index (χ2v) is 6.70. The number of unbranched alkanes of at least 4 members (excludes halogenated alkanes) is 3. The van der Waals surface area contributed by atoms with Crippen molar-refractivity contribution in [1.29, 1.82) is 0 Å². The minimum absolute atomic E-state index is 0.225. The van der Waals surface area contributed by atoms with E-state index in [-0.39, 0.29) is 11.0 Å². The number of hydrogen-bond acceptors (Lipinski definition) is 3. The molecule has 2 N–H and O–H groups in total. The molecule has 4 nitrogen and oxygen atoms in total. The lowest BCUT2D eigenvalue weighted by atomic mass is 10.2. The van der Waals surface area contributed by atoms with E-state index in [4.69, 9.17) is 28.6 Å². The average molecular weight is 391 g/mol. The van der Waals surface area contributed by atoms with E-state index in [0.717, 1.165) is 24.5 Å². The molecule has 1 amide bonds. The lowest BCUT2D eigenvalue weighted by molar-refractivity contribution is 0.0977. The Morgan fingerprint density at radius 2 is 1.88 bits per heavy atom. The van der Waals surface area contributed by atoms with Crippen LogP contribution in [0, 0.1) is 0 Å². The van der Waals surface area contributed by atoms with Crippen LogP contribution in [0.25, 0.3) is 0 Å². The normalized spacial score (nSPS) is 10.2. The zero-order chi connectivity index (χ0) is 18.8. The molecule has 0 heterocycles. The maximum atomic E-state index is 12.1. The second kappa shape index (κ2) is 10.8. The number of carbonyl (C=O) groups is 1. The van der Waals surface area contributed by atoms with E-state index in [2.05, 4.69) is 17.6 Å². The molecule has 2 aromatic rings. The molecule has 0 saturated carbocycles. The molecule has 0 bridgehead atoms. The number of rotatable bonds is 8. The molecule has 6 heteroatoms. The van der Waals surface area contributed by atoms with Crippen LogP contribution < -0.4 is 15.4 Å². The van der Waals surface area contributed by atoms with Gasteiger partial charge in [-0.15, -0.1) is 0 Å². The van der Waals surface area contributed by atoms with Gasteiger partial charge in [0.05, 0.1) is 6.61 Å². The quantitative estimate of drug-likeness (QED) is 0.466. The first-order chi connectivity index (χ1) is 12.6. The third kappa shape index (κ3) is 7.02. The molecule has 0 unspecified atom stereocenters. The number of amides is 1. The SMILES string of the molecule is CCCCCCOc1ccc(NC(=S)NC(=O)c2cccc(Cl)c2)cc1. The van der Waals surface area contributed by atoms with Crippen LogP contribution in [0.4, 0.5) is 5.69 Å². The summed E-state index contributed by atoms with van der Waals surface area (Å²) in [5.41, 5.74) is 1.23. The zero-order valence-corrected chi connectivity index (χ0v) is 16.3. The minimum Gasteiger partial charge on any atom is -0.494 e. The van der Waals surface area contributed by atoms with Gasteiger partial charge >= 0.3 is 0 Å². The highest BCUT2D eigenvalue weighted by Gasteiger charge is 2.08. The smallest absolute Gasteiger partial charge is 0.257 e. The van der Waals surface area contributed by atoms with E-state index < -0.39 is 0 Å². The number of benzene rings is 2. The summed E-state index contributed by atoms with van der Waals surface area (Å²) in [7, 11) is 0. The highest BCUT2D eigenvalue weighted by Crippen LogP contribution is 2.16. The number of anilines is 1. The monoisotopic (exact) mass is 390 g/mol. The Labute approximate surface area is 164 Å². The number of nitrogens with one attached hydrogen (secondary N) is 2. The van der Waals surface area contributed by atoms with Gasteiger partial charge in [0.25, 0.3) is 5.91 Å². The fourth-order valence-corrected chi connectivity index (χ4v) is 2.72. The summed E-state index contributed by atoms with van der Waals surface area (Å²) in [5.74, 6) is 0.512. The molecule has 2 rings (SSSR count). The van der Waals surface area contributed by atoms with Crippen molar-refractivity contribution in [2.24, 2.45) is 0 Å². The van der Waals surface area contributed by atoms with E-state index in [1.54, 1.807) is 24.3 Å². The Kier molecular flexibility index (Phi) is 8.38. The summed E-state index contributed by atoms with van der Waals surface area (Å²) < 4.78 is 5.70. The maximum absolute atomic E-state index is 12.1. The van der Waals surface area contributed by atoms with E-state index in [0.29, 0.717) is 10.6 Å². The van der Waals surface area contributed by atoms with Crippen molar-refractivity contribution >= 4 is 40.5 Å². The molecule has 0 aliphatic heterocycles. The molecule has 138 valence electrons.